The number of hydrogen-bond acceptors (Lipinski definition) is 8. The summed E-state index contributed by atoms with van der Waals surface area (Å²) in [6.45, 7) is 4.08. The molecule has 2 fully saturated rings. The smallest absolute Gasteiger partial charge is 0.409 e. The zero-order valence-electron chi connectivity index (χ0n) is 20.5. The van der Waals surface area contributed by atoms with Crippen LogP contribution in [-0.4, -0.2) is 68.3 Å². The van der Waals surface area contributed by atoms with E-state index in [4.69, 9.17) is 33.5 Å². The number of anilines is 1. The number of ether oxygens (including phenoxy) is 1. The van der Waals surface area contributed by atoms with Crippen molar-refractivity contribution in [3.05, 3.63) is 80.1 Å². The Morgan fingerprint density at radius 3 is 2.61 bits per heavy atom. The number of rotatable bonds is 5. The third-order valence-corrected chi connectivity index (χ3v) is 8.04. The molecule has 0 unspecified atom stereocenters. The lowest BCUT2D eigenvalue weighted by Gasteiger charge is -2.35. The Labute approximate surface area is 233 Å². The van der Waals surface area contributed by atoms with Crippen molar-refractivity contribution in [3.8, 4) is 0 Å². The number of aromatic nitrogens is 2. The Morgan fingerprint density at radius 2 is 1.87 bits per heavy atom. The Hall–Kier alpha value is -3.41. The summed E-state index contributed by atoms with van der Waals surface area (Å²) in [4.78, 5) is 49.4. The number of fused-ring (bicyclic) bond motifs is 1. The average molecular weight is 570 g/mol. The summed E-state index contributed by atoms with van der Waals surface area (Å²) in [5.41, 5.74) is 1.26. The number of nitrogens with zero attached hydrogens (tertiary/aromatic N) is 5. The van der Waals surface area contributed by atoms with Crippen LogP contribution >= 0.6 is 35.6 Å². The average Bonchev–Trinajstić information content (AvgIpc) is 3.19. The summed E-state index contributed by atoms with van der Waals surface area (Å²) < 4.78 is 6.96. The number of piperazine rings is 1. The molecule has 2 saturated heterocycles. The van der Waals surface area contributed by atoms with Crippen molar-refractivity contribution in [1.82, 2.24) is 19.2 Å². The Morgan fingerprint density at radius 1 is 1.13 bits per heavy atom. The van der Waals surface area contributed by atoms with Gasteiger partial charge in [0.25, 0.3) is 11.5 Å². The zero-order valence-corrected chi connectivity index (χ0v) is 22.9. The van der Waals surface area contributed by atoms with E-state index in [1.54, 1.807) is 42.3 Å². The zero-order chi connectivity index (χ0) is 26.8. The third-order valence-electron chi connectivity index (χ3n) is 6.29. The van der Waals surface area contributed by atoms with Crippen molar-refractivity contribution >= 4 is 69.4 Å². The predicted octanol–water partition coefficient (Wildman–Crippen LogP) is 4.03. The first kappa shape index (κ1) is 26.2. The summed E-state index contributed by atoms with van der Waals surface area (Å²) in [6.07, 6.45) is 2.86. The lowest BCUT2D eigenvalue weighted by atomic mass is 10.2. The van der Waals surface area contributed by atoms with Crippen LogP contribution in [-0.2, 0) is 16.1 Å². The van der Waals surface area contributed by atoms with Gasteiger partial charge in [-0.15, -0.1) is 0 Å². The molecule has 12 heteroatoms. The summed E-state index contributed by atoms with van der Waals surface area (Å²) in [5, 5.41) is 0.548. The highest BCUT2D eigenvalue weighted by molar-refractivity contribution is 8.26. The molecule has 2 aliphatic heterocycles. The molecule has 2 aliphatic rings. The number of carbonyl (C=O) groups is 2. The molecule has 0 atom stereocenters. The molecule has 5 rings (SSSR count). The highest BCUT2D eigenvalue weighted by Gasteiger charge is 2.34. The highest BCUT2D eigenvalue weighted by Crippen LogP contribution is 2.35. The van der Waals surface area contributed by atoms with Gasteiger partial charge in [-0.3, -0.25) is 18.9 Å². The van der Waals surface area contributed by atoms with E-state index in [0.717, 1.165) is 17.3 Å². The maximum atomic E-state index is 13.6. The molecule has 1 aromatic carbocycles. The Kier molecular flexibility index (Phi) is 7.68. The number of pyridine rings is 1. The molecule has 9 nitrogen and oxygen atoms in total. The lowest BCUT2D eigenvalue weighted by Crippen LogP contribution is -2.49. The first-order chi connectivity index (χ1) is 18.4. The van der Waals surface area contributed by atoms with Gasteiger partial charge in [0.2, 0.25) is 0 Å². The van der Waals surface area contributed by atoms with Crippen molar-refractivity contribution in [2.24, 2.45) is 0 Å². The second kappa shape index (κ2) is 11.1. The normalized spacial score (nSPS) is 17.1. The van der Waals surface area contributed by atoms with Crippen LogP contribution in [0.15, 0.2) is 58.4 Å². The number of halogens is 1. The molecule has 38 heavy (non-hydrogen) atoms. The fraction of sp³-hybridized carbons (Fsp3) is 0.269. The molecular weight excluding hydrogens is 546 g/mol. The summed E-state index contributed by atoms with van der Waals surface area (Å²) >= 11 is 13.0. The van der Waals surface area contributed by atoms with Crippen LogP contribution < -0.4 is 10.5 Å². The second-order valence-electron chi connectivity index (χ2n) is 8.62. The fourth-order valence-electron chi connectivity index (χ4n) is 4.34. The highest BCUT2D eigenvalue weighted by atomic mass is 35.5. The van der Waals surface area contributed by atoms with Gasteiger partial charge >= 0.3 is 6.09 Å². The van der Waals surface area contributed by atoms with Crippen molar-refractivity contribution in [3.63, 3.8) is 0 Å². The van der Waals surface area contributed by atoms with Gasteiger partial charge < -0.3 is 14.5 Å². The van der Waals surface area contributed by atoms with Crippen LogP contribution in [0.25, 0.3) is 11.7 Å². The number of carbonyl (C=O) groups excluding carboxylic acids is 2. The number of benzene rings is 1. The van der Waals surface area contributed by atoms with Crippen molar-refractivity contribution < 1.29 is 14.3 Å². The van der Waals surface area contributed by atoms with Crippen molar-refractivity contribution in [2.75, 3.05) is 37.7 Å². The Balaban J connectivity index is 1.49. The summed E-state index contributed by atoms with van der Waals surface area (Å²) in [6, 6.07) is 12.6. The molecule has 2 amide bonds. The minimum Gasteiger partial charge on any atom is -0.450 e. The fourth-order valence-corrected chi connectivity index (χ4v) is 5.77. The van der Waals surface area contributed by atoms with Gasteiger partial charge in [0.1, 0.15) is 15.8 Å². The molecule has 4 heterocycles. The lowest BCUT2D eigenvalue weighted by molar-refractivity contribution is -0.122. The van der Waals surface area contributed by atoms with Gasteiger partial charge in [-0.2, -0.15) is 0 Å². The SMILES string of the molecule is CCOC(=O)N1CCN(c2nc3ccccn3c(=O)c2C=C2SC(=S)N(Cc3ccccc3Cl)C2=O)CC1. The van der Waals surface area contributed by atoms with E-state index in [1.165, 1.54) is 9.30 Å². The first-order valence-electron chi connectivity index (χ1n) is 12.0. The third kappa shape index (κ3) is 5.13. The van der Waals surface area contributed by atoms with Crippen molar-refractivity contribution in [1.29, 1.82) is 0 Å². The van der Waals surface area contributed by atoms with Crippen LogP contribution in [0, 0.1) is 0 Å². The molecule has 0 aliphatic carbocycles. The van der Waals surface area contributed by atoms with Gasteiger partial charge in [-0.05, 0) is 36.8 Å². The second-order valence-corrected chi connectivity index (χ2v) is 10.7. The van der Waals surface area contributed by atoms with E-state index in [0.29, 0.717) is 58.5 Å². The quantitative estimate of drug-likeness (QED) is 0.336. The molecule has 0 spiro atoms. The van der Waals surface area contributed by atoms with E-state index >= 15 is 0 Å². The predicted molar refractivity (Wildman–Crippen MR) is 152 cm³/mol. The molecule has 196 valence electrons. The minimum absolute atomic E-state index is 0.235. The molecule has 3 aromatic rings. The van der Waals surface area contributed by atoms with Crippen LogP contribution in [0.2, 0.25) is 5.02 Å². The van der Waals surface area contributed by atoms with Crippen LogP contribution in [0.3, 0.4) is 0 Å². The van der Waals surface area contributed by atoms with E-state index in [1.807, 2.05) is 29.2 Å². The first-order valence-corrected chi connectivity index (χ1v) is 13.6. The van der Waals surface area contributed by atoms with E-state index in [-0.39, 0.29) is 29.7 Å². The number of hydrogen-bond donors (Lipinski definition) is 0. The van der Waals surface area contributed by atoms with Gasteiger partial charge in [-0.25, -0.2) is 9.78 Å². The maximum Gasteiger partial charge on any atom is 0.409 e. The van der Waals surface area contributed by atoms with Gasteiger partial charge in [-0.1, -0.05) is 59.8 Å². The summed E-state index contributed by atoms with van der Waals surface area (Å²) in [7, 11) is 0. The topological polar surface area (TPSA) is 87.5 Å². The van der Waals surface area contributed by atoms with E-state index < -0.39 is 0 Å². The maximum absolute atomic E-state index is 13.6. The molecule has 0 radical (unpaired) electrons. The van der Waals surface area contributed by atoms with Crippen LogP contribution in [0.4, 0.5) is 10.6 Å². The van der Waals surface area contributed by atoms with Gasteiger partial charge in [0.05, 0.1) is 23.6 Å². The largest absolute Gasteiger partial charge is 0.450 e. The van der Waals surface area contributed by atoms with Crippen LogP contribution in [0.1, 0.15) is 18.1 Å². The van der Waals surface area contributed by atoms with Crippen LogP contribution in [0.5, 0.6) is 0 Å². The van der Waals surface area contributed by atoms with Gasteiger partial charge in [0, 0.05) is 37.4 Å². The number of thioether (sulfide) groups is 1. The number of amides is 2. The molecule has 0 bridgehead atoms. The van der Waals surface area contributed by atoms with E-state index in [9.17, 15) is 14.4 Å². The van der Waals surface area contributed by atoms with E-state index in [2.05, 4.69) is 0 Å². The van der Waals surface area contributed by atoms with Crippen molar-refractivity contribution in [2.45, 2.75) is 13.5 Å². The molecule has 0 N–H and O–H groups in total. The monoisotopic (exact) mass is 569 g/mol. The number of thiocarbonyl (C=S) groups is 1. The van der Waals surface area contributed by atoms with Gasteiger partial charge in [0.15, 0.2) is 0 Å². The Bertz CT molecular complexity index is 1520. The minimum atomic E-state index is -0.360. The molecule has 0 saturated carbocycles. The molecular formula is C26H24ClN5O4S2. The summed E-state index contributed by atoms with van der Waals surface area (Å²) in [5.74, 6) is 0.164. The molecule has 2 aromatic heterocycles. The standard InChI is InChI=1S/C26H24ClN5O4S2/c1-2-36-25(35)30-13-11-29(12-14-30)22-18(23(33)31-10-6-5-9-21(31)28-22)15-20-24(34)32(26(37)38-20)16-17-7-3-4-8-19(17)27/h3-10,15H,2,11-14,16H2,1H3.